The van der Waals surface area contributed by atoms with Crippen LogP contribution < -0.4 is 14.9 Å². The van der Waals surface area contributed by atoms with Crippen molar-refractivity contribution in [1.82, 2.24) is 5.43 Å². The summed E-state index contributed by atoms with van der Waals surface area (Å²) in [6, 6.07) is 13.7. The van der Waals surface area contributed by atoms with Gasteiger partial charge in [0.25, 0.3) is 5.91 Å². The van der Waals surface area contributed by atoms with Crippen LogP contribution in [0.2, 0.25) is 0 Å². The number of rotatable bonds is 5. The molecule has 0 spiro atoms. The summed E-state index contributed by atoms with van der Waals surface area (Å²) in [5, 5.41) is 3.81. The van der Waals surface area contributed by atoms with E-state index in [1.165, 1.54) is 17.3 Å². The maximum Gasteiger partial charge on any atom is 0.253 e. The first-order valence-electron chi connectivity index (χ1n) is 8.08. The Balaban J connectivity index is 1.58. The predicted molar refractivity (Wildman–Crippen MR) is 99.7 cm³/mol. The van der Waals surface area contributed by atoms with Gasteiger partial charge in [-0.3, -0.25) is 4.79 Å². The summed E-state index contributed by atoms with van der Waals surface area (Å²) in [6.07, 6.45) is 1.58. The third-order valence-corrected chi connectivity index (χ3v) is 4.79. The highest BCUT2D eigenvalue weighted by Crippen LogP contribution is 2.32. The fraction of sp³-hybridized carbons (Fsp3) is 0.263. The van der Waals surface area contributed by atoms with Crippen molar-refractivity contribution in [3.8, 4) is 11.5 Å². The van der Waals surface area contributed by atoms with Gasteiger partial charge in [0.15, 0.2) is 11.5 Å². The Bertz CT molecular complexity index is 775. The Hall–Kier alpha value is -2.47. The molecule has 1 heterocycles. The Morgan fingerprint density at radius 2 is 1.96 bits per heavy atom. The standard InChI is InChI=1S/C19H20N2O3S/c1-13-6-8-16(9-7-13)25-14(2)19(22)21-20-12-15-4-3-5-17-18(15)24-11-10-23-17/h3-9,12,14H,10-11H2,1-2H3,(H,21,22)/b20-12-/t14-/m0/s1. The molecule has 0 saturated heterocycles. The second kappa shape index (κ2) is 8.07. The van der Waals surface area contributed by atoms with Gasteiger partial charge in [0.2, 0.25) is 0 Å². The first kappa shape index (κ1) is 17.4. The third kappa shape index (κ3) is 4.54. The van der Waals surface area contributed by atoms with E-state index in [-0.39, 0.29) is 11.2 Å². The lowest BCUT2D eigenvalue weighted by atomic mass is 10.2. The topological polar surface area (TPSA) is 59.9 Å². The fourth-order valence-electron chi connectivity index (χ4n) is 2.33. The maximum atomic E-state index is 12.2. The number of hydrazone groups is 1. The first-order valence-corrected chi connectivity index (χ1v) is 8.96. The average Bonchev–Trinajstić information content (AvgIpc) is 2.63. The van der Waals surface area contributed by atoms with E-state index in [0.717, 1.165) is 10.5 Å². The van der Waals surface area contributed by atoms with Crippen molar-refractivity contribution >= 4 is 23.9 Å². The summed E-state index contributed by atoms with van der Waals surface area (Å²) in [4.78, 5) is 13.2. The van der Waals surface area contributed by atoms with Crippen molar-refractivity contribution in [1.29, 1.82) is 0 Å². The molecule has 1 atom stereocenters. The monoisotopic (exact) mass is 356 g/mol. The number of nitrogens with one attached hydrogen (secondary N) is 1. The highest BCUT2D eigenvalue weighted by molar-refractivity contribution is 8.00. The molecule has 0 bridgehead atoms. The number of aryl methyl sites for hydroxylation is 1. The molecule has 5 nitrogen and oxygen atoms in total. The molecule has 1 N–H and O–H groups in total. The van der Waals surface area contributed by atoms with Crippen LogP contribution in [0.5, 0.6) is 11.5 Å². The van der Waals surface area contributed by atoms with Crippen LogP contribution in [0.3, 0.4) is 0 Å². The Labute approximate surface area is 151 Å². The van der Waals surface area contributed by atoms with Crippen LogP contribution in [0.15, 0.2) is 52.5 Å². The molecular formula is C19H20N2O3S. The Kier molecular flexibility index (Phi) is 5.60. The van der Waals surface area contributed by atoms with Crippen LogP contribution >= 0.6 is 11.8 Å². The van der Waals surface area contributed by atoms with E-state index in [4.69, 9.17) is 9.47 Å². The van der Waals surface area contributed by atoms with Crippen LogP contribution in [0, 0.1) is 6.92 Å². The van der Waals surface area contributed by atoms with E-state index in [1.54, 1.807) is 6.21 Å². The molecule has 0 aliphatic carbocycles. The molecule has 3 rings (SSSR count). The second-order valence-corrected chi connectivity index (χ2v) is 7.09. The van der Waals surface area contributed by atoms with E-state index in [1.807, 2.05) is 56.3 Å². The van der Waals surface area contributed by atoms with Gasteiger partial charge in [-0.1, -0.05) is 23.8 Å². The SMILES string of the molecule is Cc1ccc(S[C@@H](C)C(=O)N/N=C\c2cccc3c2OCCO3)cc1. The molecule has 0 saturated carbocycles. The van der Waals surface area contributed by atoms with Crippen LogP contribution in [-0.2, 0) is 4.79 Å². The maximum absolute atomic E-state index is 12.2. The number of hydrogen-bond donors (Lipinski definition) is 1. The molecule has 0 fully saturated rings. The number of benzene rings is 2. The molecule has 1 aliphatic heterocycles. The fourth-order valence-corrected chi connectivity index (χ4v) is 3.19. The van der Waals surface area contributed by atoms with E-state index >= 15 is 0 Å². The number of ether oxygens (including phenoxy) is 2. The summed E-state index contributed by atoms with van der Waals surface area (Å²) in [7, 11) is 0. The minimum absolute atomic E-state index is 0.149. The molecule has 0 unspecified atom stereocenters. The second-order valence-electron chi connectivity index (χ2n) is 5.68. The van der Waals surface area contributed by atoms with Crippen molar-refractivity contribution in [3.63, 3.8) is 0 Å². The van der Waals surface area contributed by atoms with Crippen molar-refractivity contribution in [2.45, 2.75) is 24.0 Å². The number of hydrogen-bond acceptors (Lipinski definition) is 5. The number of carbonyl (C=O) groups is 1. The Morgan fingerprint density at radius 1 is 1.20 bits per heavy atom. The van der Waals surface area contributed by atoms with E-state index in [9.17, 15) is 4.79 Å². The molecule has 2 aromatic carbocycles. The Morgan fingerprint density at radius 3 is 2.76 bits per heavy atom. The normalized spacial score (nSPS) is 14.3. The van der Waals surface area contributed by atoms with Crippen LogP contribution in [-0.4, -0.2) is 30.6 Å². The molecule has 1 aliphatic rings. The lowest BCUT2D eigenvalue weighted by molar-refractivity contribution is -0.120. The van der Waals surface area contributed by atoms with Gasteiger partial charge in [-0.2, -0.15) is 5.10 Å². The van der Waals surface area contributed by atoms with Gasteiger partial charge >= 0.3 is 0 Å². The molecule has 1 amide bonds. The highest BCUT2D eigenvalue weighted by Gasteiger charge is 2.15. The number of fused-ring (bicyclic) bond motifs is 1. The first-order chi connectivity index (χ1) is 12.1. The van der Waals surface area contributed by atoms with Crippen LogP contribution in [0.1, 0.15) is 18.1 Å². The van der Waals surface area contributed by atoms with Crippen molar-refractivity contribution in [2.75, 3.05) is 13.2 Å². The van der Waals surface area contributed by atoms with Gasteiger partial charge in [-0.05, 0) is 38.1 Å². The van der Waals surface area contributed by atoms with Gasteiger partial charge in [-0.15, -0.1) is 11.8 Å². The minimum Gasteiger partial charge on any atom is -0.486 e. The zero-order valence-electron chi connectivity index (χ0n) is 14.2. The van der Waals surface area contributed by atoms with Crippen molar-refractivity contribution in [3.05, 3.63) is 53.6 Å². The quantitative estimate of drug-likeness (QED) is 0.507. The summed E-state index contributed by atoms with van der Waals surface area (Å²) in [6.45, 7) is 4.94. The zero-order chi connectivity index (χ0) is 17.6. The van der Waals surface area contributed by atoms with E-state index in [2.05, 4.69) is 10.5 Å². The summed E-state index contributed by atoms with van der Waals surface area (Å²) in [5.74, 6) is 1.21. The summed E-state index contributed by atoms with van der Waals surface area (Å²) in [5.41, 5.74) is 4.55. The average molecular weight is 356 g/mol. The molecule has 25 heavy (non-hydrogen) atoms. The molecule has 130 valence electrons. The zero-order valence-corrected chi connectivity index (χ0v) is 15.0. The number of thioether (sulfide) groups is 1. The number of amides is 1. The molecule has 2 aromatic rings. The van der Waals surface area contributed by atoms with Gasteiger partial charge < -0.3 is 9.47 Å². The van der Waals surface area contributed by atoms with E-state index in [0.29, 0.717) is 24.7 Å². The smallest absolute Gasteiger partial charge is 0.253 e. The molecule has 0 aromatic heterocycles. The highest BCUT2D eigenvalue weighted by atomic mass is 32.2. The van der Waals surface area contributed by atoms with Crippen molar-refractivity contribution < 1.29 is 14.3 Å². The van der Waals surface area contributed by atoms with Gasteiger partial charge in [-0.25, -0.2) is 5.43 Å². The summed E-state index contributed by atoms with van der Waals surface area (Å²) < 4.78 is 11.1. The number of carbonyl (C=O) groups excluding carboxylic acids is 1. The lowest BCUT2D eigenvalue weighted by Crippen LogP contribution is -2.26. The molecule has 6 heteroatoms. The largest absolute Gasteiger partial charge is 0.486 e. The molecule has 0 radical (unpaired) electrons. The van der Waals surface area contributed by atoms with Gasteiger partial charge in [0, 0.05) is 10.5 Å². The predicted octanol–water partition coefficient (Wildman–Crippen LogP) is 3.40. The van der Waals surface area contributed by atoms with Crippen LogP contribution in [0.4, 0.5) is 0 Å². The van der Waals surface area contributed by atoms with Crippen LogP contribution in [0.25, 0.3) is 0 Å². The number of para-hydroxylation sites is 1. The van der Waals surface area contributed by atoms with Gasteiger partial charge in [0.1, 0.15) is 13.2 Å². The molecular weight excluding hydrogens is 336 g/mol. The van der Waals surface area contributed by atoms with E-state index < -0.39 is 0 Å². The minimum atomic E-state index is -0.246. The van der Waals surface area contributed by atoms with Gasteiger partial charge in [0.05, 0.1) is 11.5 Å². The number of nitrogens with zero attached hydrogens (tertiary/aromatic N) is 1. The van der Waals surface area contributed by atoms with Crippen molar-refractivity contribution in [2.24, 2.45) is 5.10 Å². The lowest BCUT2D eigenvalue weighted by Gasteiger charge is -2.19. The summed E-state index contributed by atoms with van der Waals surface area (Å²) >= 11 is 1.50. The third-order valence-electron chi connectivity index (χ3n) is 3.68.